The Bertz CT molecular complexity index is 463. The first-order chi connectivity index (χ1) is 10.2. The van der Waals surface area contributed by atoms with Gasteiger partial charge in [-0.2, -0.15) is 5.10 Å². The second-order valence-electron chi connectivity index (χ2n) is 6.76. The van der Waals surface area contributed by atoms with Gasteiger partial charge in [-0.1, -0.05) is 6.92 Å². The fraction of sp³-hybridized carbons (Fsp3) is 0.824. The van der Waals surface area contributed by atoms with Crippen LogP contribution in [-0.2, 0) is 19.5 Å². The summed E-state index contributed by atoms with van der Waals surface area (Å²) in [5.41, 5.74) is 2.61. The van der Waals surface area contributed by atoms with Crippen LogP contribution >= 0.6 is 0 Å². The average molecular weight is 290 g/mol. The summed E-state index contributed by atoms with van der Waals surface area (Å²) in [6.07, 6.45) is 5.13. The highest BCUT2D eigenvalue weighted by atomic mass is 15.3. The van der Waals surface area contributed by atoms with Gasteiger partial charge in [0.25, 0.3) is 0 Å². The molecule has 1 saturated carbocycles. The molecule has 4 heteroatoms. The van der Waals surface area contributed by atoms with Gasteiger partial charge in [0.15, 0.2) is 0 Å². The Kier molecular flexibility index (Phi) is 4.65. The minimum Gasteiger partial charge on any atom is -0.312 e. The lowest BCUT2D eigenvalue weighted by molar-refractivity contribution is 0.185. The van der Waals surface area contributed by atoms with Crippen molar-refractivity contribution < 1.29 is 0 Å². The quantitative estimate of drug-likeness (QED) is 0.904. The molecule has 0 spiro atoms. The van der Waals surface area contributed by atoms with Gasteiger partial charge >= 0.3 is 0 Å². The molecular formula is C17H30N4. The van der Waals surface area contributed by atoms with E-state index in [-0.39, 0.29) is 0 Å². The second kappa shape index (κ2) is 6.49. The minimum atomic E-state index is 0.659. The predicted molar refractivity (Wildman–Crippen MR) is 86.3 cm³/mol. The molecule has 0 aromatic carbocycles. The molecule has 3 rings (SSSR count). The Morgan fingerprint density at radius 1 is 1.29 bits per heavy atom. The summed E-state index contributed by atoms with van der Waals surface area (Å²) < 4.78 is 2.19. The zero-order valence-corrected chi connectivity index (χ0v) is 13.8. The van der Waals surface area contributed by atoms with Crippen LogP contribution in [0, 0.1) is 5.92 Å². The number of hydrogen-bond donors (Lipinski definition) is 1. The van der Waals surface area contributed by atoms with Crippen LogP contribution in [0.2, 0.25) is 0 Å². The molecule has 2 fully saturated rings. The molecule has 1 saturated heterocycles. The molecule has 1 N–H and O–H groups in total. The van der Waals surface area contributed by atoms with Crippen LogP contribution in [0.1, 0.15) is 51.4 Å². The van der Waals surface area contributed by atoms with Gasteiger partial charge < -0.3 is 5.32 Å². The molecule has 0 radical (unpaired) electrons. The normalized spacial score (nSPS) is 27.8. The molecule has 0 bridgehead atoms. The Morgan fingerprint density at radius 3 is 2.76 bits per heavy atom. The zero-order chi connectivity index (χ0) is 14.8. The molecule has 1 aromatic heterocycles. The van der Waals surface area contributed by atoms with Crippen molar-refractivity contribution in [1.29, 1.82) is 0 Å². The van der Waals surface area contributed by atoms with Crippen molar-refractivity contribution in [3.05, 3.63) is 17.5 Å². The summed E-state index contributed by atoms with van der Waals surface area (Å²) in [6, 6.07) is 3.67. The molecule has 21 heavy (non-hydrogen) atoms. The van der Waals surface area contributed by atoms with Gasteiger partial charge in [0.1, 0.15) is 0 Å². The summed E-state index contributed by atoms with van der Waals surface area (Å²) in [5.74, 6) is 0.931. The Labute approximate surface area is 128 Å². The van der Waals surface area contributed by atoms with Crippen LogP contribution in [0.3, 0.4) is 0 Å². The van der Waals surface area contributed by atoms with Crippen molar-refractivity contribution >= 4 is 0 Å². The molecule has 1 aromatic rings. The van der Waals surface area contributed by atoms with E-state index in [1.165, 1.54) is 43.7 Å². The molecule has 2 atom stereocenters. The molecule has 118 valence electrons. The molecule has 2 aliphatic rings. The van der Waals surface area contributed by atoms with Crippen LogP contribution in [0.5, 0.6) is 0 Å². The van der Waals surface area contributed by atoms with Crippen molar-refractivity contribution in [2.75, 3.05) is 13.1 Å². The van der Waals surface area contributed by atoms with Crippen LogP contribution in [0.25, 0.3) is 0 Å². The van der Waals surface area contributed by atoms with E-state index in [1.807, 2.05) is 0 Å². The number of rotatable bonds is 5. The van der Waals surface area contributed by atoms with E-state index in [2.05, 4.69) is 41.7 Å². The first kappa shape index (κ1) is 15.0. The maximum Gasteiger partial charge on any atom is 0.0625 e. The molecule has 1 aliphatic carbocycles. The summed E-state index contributed by atoms with van der Waals surface area (Å²) in [5, 5.41) is 8.47. The fourth-order valence-corrected chi connectivity index (χ4v) is 3.49. The SMILES string of the molecule is CCc1cc(CN2CC(C3CC3)NCCC2C)n(CC)n1. The molecule has 4 nitrogen and oxygen atoms in total. The van der Waals surface area contributed by atoms with Crippen LogP contribution < -0.4 is 5.32 Å². The van der Waals surface area contributed by atoms with E-state index in [0.717, 1.165) is 25.4 Å². The lowest BCUT2D eigenvalue weighted by Crippen LogP contribution is -2.41. The number of nitrogens with zero attached hydrogens (tertiary/aromatic N) is 3. The van der Waals surface area contributed by atoms with Crippen LogP contribution in [0.4, 0.5) is 0 Å². The molecule has 2 unspecified atom stereocenters. The monoisotopic (exact) mass is 290 g/mol. The predicted octanol–water partition coefficient (Wildman–Crippen LogP) is 2.43. The van der Waals surface area contributed by atoms with Gasteiger partial charge in [0.2, 0.25) is 0 Å². The highest BCUT2D eigenvalue weighted by Crippen LogP contribution is 2.34. The zero-order valence-electron chi connectivity index (χ0n) is 13.8. The Balaban J connectivity index is 1.72. The van der Waals surface area contributed by atoms with E-state index in [4.69, 9.17) is 5.10 Å². The minimum absolute atomic E-state index is 0.659. The van der Waals surface area contributed by atoms with Crippen molar-refractivity contribution in [1.82, 2.24) is 20.0 Å². The molecular weight excluding hydrogens is 260 g/mol. The van der Waals surface area contributed by atoms with Gasteiger partial charge in [0, 0.05) is 31.7 Å². The third kappa shape index (κ3) is 3.49. The van der Waals surface area contributed by atoms with Crippen LogP contribution in [-0.4, -0.2) is 39.9 Å². The molecule has 0 amide bonds. The first-order valence-corrected chi connectivity index (χ1v) is 8.74. The van der Waals surface area contributed by atoms with Crippen molar-refractivity contribution in [3.8, 4) is 0 Å². The van der Waals surface area contributed by atoms with Gasteiger partial charge in [-0.15, -0.1) is 0 Å². The first-order valence-electron chi connectivity index (χ1n) is 8.74. The lowest BCUT2D eigenvalue weighted by atomic mass is 10.1. The van der Waals surface area contributed by atoms with Gasteiger partial charge in [-0.3, -0.25) is 9.58 Å². The Hall–Kier alpha value is -0.870. The molecule has 2 heterocycles. The standard InChI is InChI=1S/C17H30N4/c1-4-15-10-16(21(5-2)19-15)11-20-12-17(14-6-7-14)18-9-8-13(20)3/h10,13-14,17-18H,4-9,11-12H2,1-3H3. The van der Waals surface area contributed by atoms with E-state index in [0.29, 0.717) is 12.1 Å². The third-order valence-corrected chi connectivity index (χ3v) is 5.16. The Morgan fingerprint density at radius 2 is 2.10 bits per heavy atom. The van der Waals surface area contributed by atoms with Gasteiger partial charge in [-0.25, -0.2) is 0 Å². The van der Waals surface area contributed by atoms with Crippen molar-refractivity contribution in [3.63, 3.8) is 0 Å². The van der Waals surface area contributed by atoms with Crippen molar-refractivity contribution in [2.45, 2.75) is 71.6 Å². The number of aromatic nitrogens is 2. The van der Waals surface area contributed by atoms with E-state index < -0.39 is 0 Å². The summed E-state index contributed by atoms with van der Waals surface area (Å²) in [6.45, 7) is 11.2. The van der Waals surface area contributed by atoms with Gasteiger partial charge in [-0.05, 0) is 58.1 Å². The largest absolute Gasteiger partial charge is 0.312 e. The molecule has 1 aliphatic heterocycles. The summed E-state index contributed by atoms with van der Waals surface area (Å²) in [4.78, 5) is 2.67. The maximum absolute atomic E-state index is 4.70. The van der Waals surface area contributed by atoms with E-state index in [1.54, 1.807) is 0 Å². The lowest BCUT2D eigenvalue weighted by Gasteiger charge is -2.29. The third-order valence-electron chi connectivity index (χ3n) is 5.16. The number of aryl methyl sites for hydroxylation is 2. The second-order valence-corrected chi connectivity index (χ2v) is 6.76. The topological polar surface area (TPSA) is 33.1 Å². The van der Waals surface area contributed by atoms with Crippen LogP contribution in [0.15, 0.2) is 6.07 Å². The smallest absolute Gasteiger partial charge is 0.0625 e. The van der Waals surface area contributed by atoms with Crippen molar-refractivity contribution in [2.24, 2.45) is 5.92 Å². The summed E-state index contributed by atoms with van der Waals surface area (Å²) >= 11 is 0. The fourth-order valence-electron chi connectivity index (χ4n) is 3.49. The van der Waals surface area contributed by atoms with E-state index in [9.17, 15) is 0 Å². The highest BCUT2D eigenvalue weighted by Gasteiger charge is 2.34. The number of hydrogen-bond acceptors (Lipinski definition) is 3. The average Bonchev–Trinajstić information content (AvgIpc) is 3.27. The number of nitrogens with one attached hydrogen (secondary N) is 1. The van der Waals surface area contributed by atoms with Gasteiger partial charge in [0.05, 0.1) is 11.4 Å². The highest BCUT2D eigenvalue weighted by molar-refractivity contribution is 5.11. The summed E-state index contributed by atoms with van der Waals surface area (Å²) in [7, 11) is 0. The maximum atomic E-state index is 4.70. The van der Waals surface area contributed by atoms with E-state index >= 15 is 0 Å².